The molecule has 1 saturated heterocycles. The van der Waals surface area contributed by atoms with E-state index >= 15 is 0 Å². The minimum absolute atomic E-state index is 0.00157. The normalized spacial score (nSPS) is 29.1. The van der Waals surface area contributed by atoms with E-state index in [4.69, 9.17) is 9.47 Å². The van der Waals surface area contributed by atoms with Crippen LogP contribution in [0.5, 0.6) is 5.75 Å². The summed E-state index contributed by atoms with van der Waals surface area (Å²) in [5, 5.41) is 62.0. The van der Waals surface area contributed by atoms with Crippen molar-refractivity contribution in [3.63, 3.8) is 0 Å². The van der Waals surface area contributed by atoms with Gasteiger partial charge >= 0.3 is 0 Å². The molecule has 0 unspecified atom stereocenters. The lowest BCUT2D eigenvalue weighted by atomic mass is 9.85. The number of hydrogen-bond acceptors (Lipinski definition) is 8. The van der Waals surface area contributed by atoms with Crippen LogP contribution in [0.4, 0.5) is 0 Å². The number of rotatable bonds is 7. The summed E-state index contributed by atoms with van der Waals surface area (Å²) in [5.74, 6) is -1.76. The molecule has 1 heterocycles. The number of nitriles is 1. The van der Waals surface area contributed by atoms with Crippen LogP contribution in [0.2, 0.25) is 0 Å². The molecular formula is C26H31NO7. The maximum Gasteiger partial charge on any atom is 0.226 e. The highest BCUT2D eigenvalue weighted by atomic mass is 16.7. The van der Waals surface area contributed by atoms with E-state index in [1.54, 1.807) is 13.8 Å². The molecule has 8 nitrogen and oxygen atoms in total. The zero-order valence-electron chi connectivity index (χ0n) is 19.3. The summed E-state index contributed by atoms with van der Waals surface area (Å²) >= 11 is 0. The number of hydrogen-bond donors (Lipinski definition) is 5. The average molecular weight is 470 g/mol. The van der Waals surface area contributed by atoms with Gasteiger partial charge in [-0.15, -0.1) is 0 Å². The van der Waals surface area contributed by atoms with Gasteiger partial charge < -0.3 is 35.0 Å². The van der Waals surface area contributed by atoms with Gasteiger partial charge in [0.05, 0.1) is 29.9 Å². The fraction of sp³-hybridized carbons (Fsp3) is 0.500. The van der Waals surface area contributed by atoms with Gasteiger partial charge in [0.1, 0.15) is 30.2 Å². The maximum absolute atomic E-state index is 11.4. The van der Waals surface area contributed by atoms with E-state index < -0.39 is 36.8 Å². The molecule has 2 aromatic carbocycles. The Balaban J connectivity index is 1.77. The number of aliphatic hydroxyl groups excluding tert-OH is 4. The molecule has 182 valence electrons. The molecule has 0 amide bonds. The Bertz CT molecular complexity index is 1060. The van der Waals surface area contributed by atoms with Crippen LogP contribution in [-0.4, -0.2) is 62.7 Å². The van der Waals surface area contributed by atoms with Crippen molar-refractivity contribution < 1.29 is 35.0 Å². The Morgan fingerprint density at radius 3 is 2.35 bits per heavy atom. The number of benzene rings is 2. The molecule has 2 fully saturated rings. The highest BCUT2D eigenvalue weighted by molar-refractivity contribution is 5.52. The second kappa shape index (κ2) is 9.62. The van der Waals surface area contributed by atoms with Gasteiger partial charge in [0.15, 0.2) is 0 Å². The summed E-state index contributed by atoms with van der Waals surface area (Å²) in [6.07, 6.45) is -4.20. The summed E-state index contributed by atoms with van der Waals surface area (Å²) in [4.78, 5) is 0. The van der Waals surface area contributed by atoms with Crippen molar-refractivity contribution in [2.45, 2.75) is 75.3 Å². The van der Waals surface area contributed by atoms with Crippen molar-refractivity contribution >= 4 is 0 Å². The standard InChI is InChI=1S/C26H31NO7/c1-14(2)33-21-11-19(12-27)18(9-15-3-5-16(6-4-15)17-7-8-17)10-20(21)26(32)25(31)24(30)23(29)22(13-28)34-26/h3-6,10-11,14,17,22-25,28-32H,7-9,13H2,1-2H3/t22-,23-,24+,25-,26-/m1/s1. The van der Waals surface area contributed by atoms with Crippen molar-refractivity contribution in [1.29, 1.82) is 5.26 Å². The number of aliphatic hydroxyl groups is 5. The molecule has 2 aromatic rings. The van der Waals surface area contributed by atoms with E-state index in [0.717, 1.165) is 5.56 Å². The molecule has 1 aliphatic heterocycles. The maximum atomic E-state index is 11.4. The molecule has 0 bridgehead atoms. The smallest absolute Gasteiger partial charge is 0.226 e. The lowest BCUT2D eigenvalue weighted by Gasteiger charge is -2.46. The van der Waals surface area contributed by atoms with Gasteiger partial charge in [-0.05, 0) is 67.9 Å². The molecule has 1 aliphatic carbocycles. The second-order valence-corrected chi connectivity index (χ2v) is 9.44. The molecule has 0 aromatic heterocycles. The third kappa shape index (κ3) is 4.68. The van der Waals surface area contributed by atoms with Crippen LogP contribution in [0.25, 0.3) is 0 Å². The molecule has 4 rings (SSSR count). The van der Waals surface area contributed by atoms with Crippen LogP contribution in [0.3, 0.4) is 0 Å². The van der Waals surface area contributed by atoms with Crippen LogP contribution in [-0.2, 0) is 16.9 Å². The van der Waals surface area contributed by atoms with Crippen molar-refractivity contribution in [3.05, 3.63) is 64.2 Å². The molecule has 2 aliphatic rings. The Hall–Kier alpha value is -2.51. The highest BCUT2D eigenvalue weighted by Crippen LogP contribution is 2.43. The monoisotopic (exact) mass is 469 g/mol. The first kappa shape index (κ1) is 24.6. The van der Waals surface area contributed by atoms with E-state index in [1.807, 2.05) is 12.1 Å². The van der Waals surface area contributed by atoms with Crippen molar-refractivity contribution in [3.8, 4) is 11.8 Å². The summed E-state index contributed by atoms with van der Waals surface area (Å²) in [6.45, 7) is 2.84. The fourth-order valence-electron chi connectivity index (χ4n) is 4.43. The number of nitrogens with zero attached hydrogens (tertiary/aromatic N) is 1. The average Bonchev–Trinajstić information content (AvgIpc) is 3.66. The van der Waals surface area contributed by atoms with Gasteiger partial charge in [-0.2, -0.15) is 5.26 Å². The first-order chi connectivity index (χ1) is 16.2. The van der Waals surface area contributed by atoms with E-state index in [0.29, 0.717) is 23.5 Å². The molecule has 5 N–H and O–H groups in total. The van der Waals surface area contributed by atoms with Gasteiger partial charge in [0.2, 0.25) is 5.79 Å². The Labute approximate surface area is 198 Å². The minimum Gasteiger partial charge on any atom is -0.490 e. The van der Waals surface area contributed by atoms with Gasteiger partial charge in [0.25, 0.3) is 0 Å². The zero-order chi connectivity index (χ0) is 24.6. The van der Waals surface area contributed by atoms with Crippen LogP contribution < -0.4 is 4.74 Å². The lowest BCUT2D eigenvalue weighted by molar-refractivity contribution is -0.358. The molecule has 0 spiro atoms. The van der Waals surface area contributed by atoms with Crippen molar-refractivity contribution in [2.24, 2.45) is 0 Å². The summed E-state index contributed by atoms with van der Waals surface area (Å²) in [7, 11) is 0. The molecule has 1 saturated carbocycles. The highest BCUT2D eigenvalue weighted by Gasteiger charge is 2.55. The Morgan fingerprint density at radius 2 is 1.79 bits per heavy atom. The third-order valence-corrected chi connectivity index (χ3v) is 6.46. The van der Waals surface area contributed by atoms with E-state index in [1.165, 1.54) is 30.5 Å². The van der Waals surface area contributed by atoms with Crippen LogP contribution in [0, 0.1) is 11.3 Å². The molecule has 5 atom stereocenters. The van der Waals surface area contributed by atoms with Crippen molar-refractivity contribution in [1.82, 2.24) is 0 Å². The third-order valence-electron chi connectivity index (χ3n) is 6.46. The van der Waals surface area contributed by atoms with Gasteiger partial charge in [-0.3, -0.25) is 0 Å². The molecule has 8 heteroatoms. The Kier molecular flexibility index (Phi) is 6.97. The van der Waals surface area contributed by atoms with E-state index in [-0.39, 0.29) is 17.4 Å². The van der Waals surface area contributed by atoms with Gasteiger partial charge in [0, 0.05) is 0 Å². The molecule has 34 heavy (non-hydrogen) atoms. The molecular weight excluding hydrogens is 438 g/mol. The minimum atomic E-state index is -2.49. The summed E-state index contributed by atoms with van der Waals surface area (Å²) in [5.41, 5.74) is 3.16. The first-order valence-electron chi connectivity index (χ1n) is 11.6. The summed E-state index contributed by atoms with van der Waals surface area (Å²) in [6, 6.07) is 13.3. The molecule has 0 radical (unpaired) electrons. The zero-order valence-corrected chi connectivity index (χ0v) is 19.3. The van der Waals surface area contributed by atoms with Crippen LogP contribution >= 0.6 is 0 Å². The topological polar surface area (TPSA) is 143 Å². The SMILES string of the molecule is CC(C)Oc1cc(C#N)c(Cc2ccc(C3CC3)cc2)cc1[C@@]1(O)O[C@H](CO)[C@@H](O)[C@H](O)[C@H]1O. The summed E-state index contributed by atoms with van der Waals surface area (Å²) < 4.78 is 11.4. The lowest BCUT2D eigenvalue weighted by Crippen LogP contribution is -2.63. The first-order valence-corrected chi connectivity index (χ1v) is 11.6. The predicted molar refractivity (Wildman–Crippen MR) is 122 cm³/mol. The van der Waals surface area contributed by atoms with Gasteiger partial charge in [-0.25, -0.2) is 0 Å². The predicted octanol–water partition coefficient (Wildman–Crippen LogP) is 1.43. The van der Waals surface area contributed by atoms with E-state index in [9.17, 15) is 30.8 Å². The van der Waals surface area contributed by atoms with Crippen LogP contribution in [0.1, 0.15) is 60.4 Å². The fourth-order valence-corrected chi connectivity index (χ4v) is 4.43. The van der Waals surface area contributed by atoms with Gasteiger partial charge in [-0.1, -0.05) is 24.3 Å². The van der Waals surface area contributed by atoms with Crippen LogP contribution in [0.15, 0.2) is 36.4 Å². The van der Waals surface area contributed by atoms with Crippen molar-refractivity contribution in [2.75, 3.05) is 6.61 Å². The second-order valence-electron chi connectivity index (χ2n) is 9.44. The number of ether oxygens (including phenoxy) is 2. The Morgan fingerprint density at radius 1 is 1.12 bits per heavy atom. The quantitative estimate of drug-likeness (QED) is 0.410. The van der Waals surface area contributed by atoms with E-state index in [2.05, 4.69) is 18.2 Å². The largest absolute Gasteiger partial charge is 0.490 e.